The molecule has 1 aliphatic heterocycles. The van der Waals surface area contributed by atoms with Gasteiger partial charge in [0.2, 0.25) is 0 Å². The summed E-state index contributed by atoms with van der Waals surface area (Å²) in [6.07, 6.45) is 2.45. The SMILES string of the molecule is Clc1ccc(COCC2CCCN2)c(Cl)c1. The van der Waals surface area contributed by atoms with E-state index in [2.05, 4.69) is 5.32 Å². The average molecular weight is 260 g/mol. The van der Waals surface area contributed by atoms with Crippen molar-refractivity contribution in [1.82, 2.24) is 5.32 Å². The van der Waals surface area contributed by atoms with Crippen LogP contribution in [0.15, 0.2) is 18.2 Å². The van der Waals surface area contributed by atoms with E-state index in [9.17, 15) is 0 Å². The molecule has 1 unspecified atom stereocenters. The van der Waals surface area contributed by atoms with E-state index in [0.29, 0.717) is 22.7 Å². The molecule has 1 aromatic carbocycles. The molecule has 0 amide bonds. The van der Waals surface area contributed by atoms with Gasteiger partial charge in [-0.05, 0) is 37.1 Å². The molecule has 0 bridgehead atoms. The van der Waals surface area contributed by atoms with Gasteiger partial charge in [-0.25, -0.2) is 0 Å². The molecule has 2 nitrogen and oxygen atoms in total. The molecule has 1 aromatic rings. The first-order chi connectivity index (χ1) is 7.75. The third-order valence-corrected chi connectivity index (χ3v) is 3.34. The van der Waals surface area contributed by atoms with Crippen LogP contribution in [0.25, 0.3) is 0 Å². The van der Waals surface area contributed by atoms with Crippen molar-refractivity contribution in [3.05, 3.63) is 33.8 Å². The van der Waals surface area contributed by atoms with E-state index in [1.807, 2.05) is 12.1 Å². The van der Waals surface area contributed by atoms with Crippen molar-refractivity contribution < 1.29 is 4.74 Å². The van der Waals surface area contributed by atoms with Crippen LogP contribution in [0.3, 0.4) is 0 Å². The summed E-state index contributed by atoms with van der Waals surface area (Å²) in [5, 5.41) is 4.72. The first-order valence-corrected chi connectivity index (χ1v) is 6.26. The van der Waals surface area contributed by atoms with Crippen molar-refractivity contribution in [1.29, 1.82) is 0 Å². The van der Waals surface area contributed by atoms with E-state index in [0.717, 1.165) is 18.7 Å². The van der Waals surface area contributed by atoms with Crippen LogP contribution in [0.1, 0.15) is 18.4 Å². The van der Waals surface area contributed by atoms with Crippen LogP contribution >= 0.6 is 23.2 Å². The van der Waals surface area contributed by atoms with Gasteiger partial charge in [-0.15, -0.1) is 0 Å². The van der Waals surface area contributed by atoms with Crippen LogP contribution in [-0.2, 0) is 11.3 Å². The van der Waals surface area contributed by atoms with Crippen molar-refractivity contribution >= 4 is 23.2 Å². The maximum absolute atomic E-state index is 6.04. The van der Waals surface area contributed by atoms with Crippen molar-refractivity contribution in [2.45, 2.75) is 25.5 Å². The molecule has 1 saturated heterocycles. The van der Waals surface area contributed by atoms with Crippen molar-refractivity contribution in [2.24, 2.45) is 0 Å². The molecule has 1 N–H and O–H groups in total. The molecule has 1 atom stereocenters. The van der Waals surface area contributed by atoms with Crippen LogP contribution in [0.5, 0.6) is 0 Å². The average Bonchev–Trinajstić information content (AvgIpc) is 2.74. The summed E-state index contributed by atoms with van der Waals surface area (Å²) in [5.74, 6) is 0. The lowest BCUT2D eigenvalue weighted by Crippen LogP contribution is -2.26. The zero-order valence-electron chi connectivity index (χ0n) is 9.01. The zero-order valence-corrected chi connectivity index (χ0v) is 10.5. The van der Waals surface area contributed by atoms with E-state index in [1.165, 1.54) is 12.8 Å². The standard InChI is InChI=1S/C12H15Cl2NO/c13-10-4-3-9(12(14)6-10)7-16-8-11-2-1-5-15-11/h3-4,6,11,15H,1-2,5,7-8H2. The molecule has 0 saturated carbocycles. The molecule has 0 radical (unpaired) electrons. The predicted octanol–water partition coefficient (Wildman–Crippen LogP) is 3.26. The summed E-state index contributed by atoms with van der Waals surface area (Å²) in [6.45, 7) is 2.41. The van der Waals surface area contributed by atoms with Gasteiger partial charge in [-0.3, -0.25) is 0 Å². The third-order valence-electron chi connectivity index (χ3n) is 2.75. The number of rotatable bonds is 4. The lowest BCUT2D eigenvalue weighted by Gasteiger charge is -2.11. The Morgan fingerprint density at radius 2 is 2.25 bits per heavy atom. The van der Waals surface area contributed by atoms with E-state index in [1.54, 1.807) is 6.07 Å². The minimum absolute atomic E-state index is 0.506. The second kappa shape index (κ2) is 5.87. The molecule has 4 heteroatoms. The number of nitrogens with one attached hydrogen (secondary N) is 1. The van der Waals surface area contributed by atoms with Gasteiger partial charge < -0.3 is 10.1 Å². The molecule has 1 fully saturated rings. The van der Waals surface area contributed by atoms with Crippen molar-refractivity contribution in [2.75, 3.05) is 13.2 Å². The van der Waals surface area contributed by atoms with Gasteiger partial charge in [0.15, 0.2) is 0 Å². The molecule has 16 heavy (non-hydrogen) atoms. The smallest absolute Gasteiger partial charge is 0.0732 e. The Hall–Kier alpha value is -0.280. The first kappa shape index (κ1) is 12.2. The van der Waals surface area contributed by atoms with Crippen LogP contribution in [-0.4, -0.2) is 19.2 Å². The van der Waals surface area contributed by atoms with Crippen molar-refractivity contribution in [3.63, 3.8) is 0 Å². The number of hydrogen-bond donors (Lipinski definition) is 1. The highest BCUT2D eigenvalue weighted by atomic mass is 35.5. The number of halogens is 2. The van der Waals surface area contributed by atoms with Gasteiger partial charge in [0.25, 0.3) is 0 Å². The maximum Gasteiger partial charge on any atom is 0.0732 e. The lowest BCUT2D eigenvalue weighted by atomic mass is 10.2. The van der Waals surface area contributed by atoms with Crippen LogP contribution in [0.2, 0.25) is 10.0 Å². The summed E-state index contributed by atoms with van der Waals surface area (Å²) in [7, 11) is 0. The van der Waals surface area contributed by atoms with Gasteiger partial charge in [0.05, 0.1) is 13.2 Å². The molecule has 1 heterocycles. The Labute approximate surface area is 106 Å². The largest absolute Gasteiger partial charge is 0.375 e. The molecule has 88 valence electrons. The minimum atomic E-state index is 0.506. The van der Waals surface area contributed by atoms with Crippen LogP contribution in [0.4, 0.5) is 0 Å². The van der Waals surface area contributed by atoms with Gasteiger partial charge in [0.1, 0.15) is 0 Å². The number of hydrogen-bond acceptors (Lipinski definition) is 2. The second-order valence-corrected chi connectivity index (χ2v) is 4.89. The molecule has 0 aromatic heterocycles. The summed E-state index contributed by atoms with van der Waals surface area (Å²) < 4.78 is 5.63. The Kier molecular flexibility index (Phi) is 4.47. The summed E-state index contributed by atoms with van der Waals surface area (Å²) >= 11 is 11.9. The lowest BCUT2D eigenvalue weighted by molar-refractivity contribution is 0.103. The molecule has 0 spiro atoms. The summed E-state index contributed by atoms with van der Waals surface area (Å²) in [5.41, 5.74) is 0.990. The Morgan fingerprint density at radius 1 is 1.38 bits per heavy atom. The van der Waals surface area contributed by atoms with Gasteiger partial charge in [-0.2, -0.15) is 0 Å². The third kappa shape index (κ3) is 3.36. The highest BCUT2D eigenvalue weighted by Crippen LogP contribution is 2.21. The van der Waals surface area contributed by atoms with Crippen molar-refractivity contribution in [3.8, 4) is 0 Å². The van der Waals surface area contributed by atoms with E-state index in [4.69, 9.17) is 27.9 Å². The Morgan fingerprint density at radius 3 is 2.94 bits per heavy atom. The highest BCUT2D eigenvalue weighted by molar-refractivity contribution is 6.35. The summed E-state index contributed by atoms with van der Waals surface area (Å²) in [4.78, 5) is 0. The van der Waals surface area contributed by atoms with Crippen LogP contribution < -0.4 is 5.32 Å². The molecule has 0 aliphatic carbocycles. The van der Waals surface area contributed by atoms with Crippen LogP contribution in [0, 0.1) is 0 Å². The van der Waals surface area contributed by atoms with Gasteiger partial charge in [0, 0.05) is 16.1 Å². The molecule has 1 aliphatic rings. The fourth-order valence-electron chi connectivity index (χ4n) is 1.85. The van der Waals surface area contributed by atoms with E-state index in [-0.39, 0.29) is 0 Å². The minimum Gasteiger partial charge on any atom is -0.375 e. The van der Waals surface area contributed by atoms with Gasteiger partial charge >= 0.3 is 0 Å². The normalized spacial score (nSPS) is 20.2. The maximum atomic E-state index is 6.04. The zero-order chi connectivity index (χ0) is 11.4. The number of ether oxygens (including phenoxy) is 1. The molecular weight excluding hydrogens is 245 g/mol. The monoisotopic (exact) mass is 259 g/mol. The highest BCUT2D eigenvalue weighted by Gasteiger charge is 2.13. The fourth-order valence-corrected chi connectivity index (χ4v) is 2.31. The quantitative estimate of drug-likeness (QED) is 0.897. The Balaban J connectivity index is 1.80. The first-order valence-electron chi connectivity index (χ1n) is 5.51. The van der Waals surface area contributed by atoms with E-state index < -0.39 is 0 Å². The topological polar surface area (TPSA) is 21.3 Å². The fraction of sp³-hybridized carbons (Fsp3) is 0.500. The number of benzene rings is 1. The summed E-state index contributed by atoms with van der Waals surface area (Å²) in [6, 6.07) is 5.99. The molecular formula is C12H15Cl2NO. The molecule has 2 rings (SSSR count). The predicted molar refractivity (Wildman–Crippen MR) is 67.1 cm³/mol. The van der Waals surface area contributed by atoms with E-state index >= 15 is 0 Å². The van der Waals surface area contributed by atoms with Gasteiger partial charge in [-0.1, -0.05) is 29.3 Å². The second-order valence-electron chi connectivity index (χ2n) is 4.04. The Bertz CT molecular complexity index is 351.